The summed E-state index contributed by atoms with van der Waals surface area (Å²) >= 11 is 0. The summed E-state index contributed by atoms with van der Waals surface area (Å²) in [5.74, 6) is 0.0618. The molecule has 1 aliphatic rings. The van der Waals surface area contributed by atoms with Crippen molar-refractivity contribution in [1.29, 1.82) is 0 Å². The van der Waals surface area contributed by atoms with Gasteiger partial charge in [-0.15, -0.1) is 0 Å². The van der Waals surface area contributed by atoms with Crippen LogP contribution in [0, 0.1) is 12.8 Å². The topological polar surface area (TPSA) is 69.6 Å². The van der Waals surface area contributed by atoms with Gasteiger partial charge in [0.2, 0.25) is 0 Å². The molecular weight excluding hydrogens is 288 g/mol. The van der Waals surface area contributed by atoms with Crippen molar-refractivity contribution in [1.82, 2.24) is 9.03 Å². The molecule has 1 aromatic rings. The number of aryl methyl sites for hydroxylation is 1. The van der Waals surface area contributed by atoms with E-state index < -0.39 is 10.2 Å². The molecule has 0 aliphatic carbocycles. The number of hydrogen-bond acceptors (Lipinski definition) is 3. The standard InChI is InChI=1S/C15H24N2O3S/c1-13-5-2-3-7-15(13)8-9-16-21(19,20)17-10-4-6-14(11-17)12-18/h2-3,5,7,14,16,18H,4,6,8-12H2,1H3. The molecule has 0 bridgehead atoms. The van der Waals surface area contributed by atoms with E-state index in [-0.39, 0.29) is 12.5 Å². The lowest BCUT2D eigenvalue weighted by Gasteiger charge is -2.30. The Morgan fingerprint density at radius 2 is 2.14 bits per heavy atom. The van der Waals surface area contributed by atoms with Gasteiger partial charge in [0.05, 0.1) is 0 Å². The minimum atomic E-state index is -3.44. The van der Waals surface area contributed by atoms with Crippen LogP contribution in [0.25, 0.3) is 0 Å². The zero-order valence-corrected chi connectivity index (χ0v) is 13.3. The molecule has 0 saturated carbocycles. The second kappa shape index (κ2) is 7.35. The Kier molecular flexibility index (Phi) is 5.75. The molecule has 118 valence electrons. The molecule has 1 fully saturated rings. The molecule has 1 aromatic carbocycles. The molecule has 1 saturated heterocycles. The normalized spacial score (nSPS) is 20.6. The smallest absolute Gasteiger partial charge is 0.279 e. The van der Waals surface area contributed by atoms with Crippen molar-refractivity contribution >= 4 is 10.2 Å². The van der Waals surface area contributed by atoms with Gasteiger partial charge in [-0.2, -0.15) is 12.7 Å². The summed E-state index contributed by atoms with van der Waals surface area (Å²) in [6.07, 6.45) is 2.39. The van der Waals surface area contributed by atoms with E-state index >= 15 is 0 Å². The maximum absolute atomic E-state index is 12.3. The Morgan fingerprint density at radius 3 is 2.86 bits per heavy atom. The number of aliphatic hydroxyl groups is 1. The lowest BCUT2D eigenvalue weighted by atomic mass is 10.0. The molecular formula is C15H24N2O3S. The Balaban J connectivity index is 1.88. The third kappa shape index (κ3) is 4.51. The lowest BCUT2D eigenvalue weighted by molar-refractivity contribution is 0.165. The highest BCUT2D eigenvalue weighted by molar-refractivity contribution is 7.87. The Bertz CT molecular complexity index is 560. The van der Waals surface area contributed by atoms with Crippen LogP contribution in [0.15, 0.2) is 24.3 Å². The first kappa shape index (κ1) is 16.4. The van der Waals surface area contributed by atoms with Gasteiger partial charge < -0.3 is 5.11 Å². The molecule has 21 heavy (non-hydrogen) atoms. The van der Waals surface area contributed by atoms with Crippen LogP contribution < -0.4 is 4.72 Å². The van der Waals surface area contributed by atoms with Crippen LogP contribution in [0.4, 0.5) is 0 Å². The van der Waals surface area contributed by atoms with Crippen molar-refractivity contribution < 1.29 is 13.5 Å². The maximum atomic E-state index is 12.3. The second-order valence-corrected chi connectivity index (χ2v) is 7.38. The van der Waals surface area contributed by atoms with E-state index in [1.807, 2.05) is 31.2 Å². The summed E-state index contributed by atoms with van der Waals surface area (Å²) < 4.78 is 28.6. The molecule has 2 N–H and O–H groups in total. The van der Waals surface area contributed by atoms with Gasteiger partial charge in [0, 0.05) is 26.2 Å². The Hall–Kier alpha value is -0.950. The van der Waals surface area contributed by atoms with Crippen LogP contribution in [0.5, 0.6) is 0 Å². The molecule has 1 atom stereocenters. The quantitative estimate of drug-likeness (QED) is 0.826. The first-order chi connectivity index (χ1) is 10.0. The van der Waals surface area contributed by atoms with Gasteiger partial charge in [-0.05, 0) is 43.2 Å². The monoisotopic (exact) mass is 312 g/mol. The van der Waals surface area contributed by atoms with E-state index in [0.717, 1.165) is 18.4 Å². The van der Waals surface area contributed by atoms with Gasteiger partial charge in [0.15, 0.2) is 0 Å². The number of benzene rings is 1. The first-order valence-electron chi connectivity index (χ1n) is 7.43. The summed E-state index contributed by atoms with van der Waals surface area (Å²) in [4.78, 5) is 0. The van der Waals surface area contributed by atoms with Crippen LogP contribution in [-0.2, 0) is 16.6 Å². The van der Waals surface area contributed by atoms with Crippen LogP contribution in [0.2, 0.25) is 0 Å². The highest BCUT2D eigenvalue weighted by Crippen LogP contribution is 2.18. The van der Waals surface area contributed by atoms with Gasteiger partial charge >= 0.3 is 0 Å². The molecule has 1 heterocycles. The fourth-order valence-corrected chi connectivity index (χ4v) is 4.01. The lowest BCUT2D eigenvalue weighted by Crippen LogP contribution is -2.47. The number of hydrogen-bond donors (Lipinski definition) is 2. The molecule has 5 nitrogen and oxygen atoms in total. The third-order valence-electron chi connectivity index (χ3n) is 4.02. The molecule has 1 aliphatic heterocycles. The van der Waals surface area contributed by atoms with Gasteiger partial charge in [-0.3, -0.25) is 0 Å². The zero-order chi connectivity index (χ0) is 15.3. The predicted molar refractivity (Wildman–Crippen MR) is 83.2 cm³/mol. The van der Waals surface area contributed by atoms with Crippen LogP contribution in [0.1, 0.15) is 24.0 Å². The van der Waals surface area contributed by atoms with Crippen LogP contribution in [-0.4, -0.2) is 44.1 Å². The highest BCUT2D eigenvalue weighted by Gasteiger charge is 2.28. The average Bonchev–Trinajstić information content (AvgIpc) is 2.49. The average molecular weight is 312 g/mol. The third-order valence-corrected chi connectivity index (χ3v) is 5.60. The van der Waals surface area contributed by atoms with Gasteiger partial charge in [-0.1, -0.05) is 24.3 Å². The van der Waals surface area contributed by atoms with Crippen molar-refractivity contribution in [2.45, 2.75) is 26.2 Å². The fourth-order valence-electron chi connectivity index (χ4n) is 2.69. The zero-order valence-electron chi connectivity index (χ0n) is 12.5. The molecule has 0 radical (unpaired) electrons. The highest BCUT2D eigenvalue weighted by atomic mass is 32.2. The predicted octanol–water partition coefficient (Wildman–Crippen LogP) is 1.08. The van der Waals surface area contributed by atoms with Crippen molar-refractivity contribution in [3.8, 4) is 0 Å². The summed E-state index contributed by atoms with van der Waals surface area (Å²) in [6, 6.07) is 7.99. The molecule has 0 spiro atoms. The van der Waals surface area contributed by atoms with Gasteiger partial charge in [-0.25, -0.2) is 4.72 Å². The van der Waals surface area contributed by atoms with Crippen LogP contribution >= 0.6 is 0 Å². The number of aliphatic hydroxyl groups excluding tert-OH is 1. The van der Waals surface area contributed by atoms with Crippen LogP contribution in [0.3, 0.4) is 0 Å². The van der Waals surface area contributed by atoms with Crippen molar-refractivity contribution in [2.75, 3.05) is 26.2 Å². The molecule has 6 heteroatoms. The van der Waals surface area contributed by atoms with Gasteiger partial charge in [0.25, 0.3) is 10.2 Å². The van der Waals surface area contributed by atoms with Crippen molar-refractivity contribution in [2.24, 2.45) is 5.92 Å². The van der Waals surface area contributed by atoms with E-state index in [0.29, 0.717) is 26.1 Å². The number of piperidine rings is 1. The van der Waals surface area contributed by atoms with Gasteiger partial charge in [0.1, 0.15) is 0 Å². The van der Waals surface area contributed by atoms with E-state index in [1.165, 1.54) is 9.87 Å². The van der Waals surface area contributed by atoms with E-state index in [9.17, 15) is 13.5 Å². The minimum absolute atomic E-state index is 0.0508. The minimum Gasteiger partial charge on any atom is -0.396 e. The second-order valence-electron chi connectivity index (χ2n) is 5.62. The molecule has 2 rings (SSSR count). The van der Waals surface area contributed by atoms with Crippen molar-refractivity contribution in [3.63, 3.8) is 0 Å². The van der Waals surface area contributed by atoms with Crippen molar-refractivity contribution in [3.05, 3.63) is 35.4 Å². The summed E-state index contributed by atoms with van der Waals surface area (Å²) in [6.45, 7) is 3.43. The number of rotatable bonds is 6. The molecule has 0 amide bonds. The molecule has 0 aromatic heterocycles. The summed E-state index contributed by atoms with van der Waals surface area (Å²) in [5, 5.41) is 9.19. The number of nitrogens with one attached hydrogen (secondary N) is 1. The summed E-state index contributed by atoms with van der Waals surface area (Å²) in [7, 11) is -3.44. The van der Waals surface area contributed by atoms with E-state index in [4.69, 9.17) is 0 Å². The Morgan fingerprint density at radius 1 is 1.38 bits per heavy atom. The Labute approximate surface area is 127 Å². The SMILES string of the molecule is Cc1ccccc1CCNS(=O)(=O)N1CCCC(CO)C1. The number of nitrogens with zero attached hydrogens (tertiary/aromatic N) is 1. The van der Waals surface area contributed by atoms with E-state index in [1.54, 1.807) is 0 Å². The molecule has 1 unspecified atom stereocenters. The largest absolute Gasteiger partial charge is 0.396 e. The summed E-state index contributed by atoms with van der Waals surface area (Å²) in [5.41, 5.74) is 2.34. The van der Waals surface area contributed by atoms with E-state index in [2.05, 4.69) is 4.72 Å². The fraction of sp³-hybridized carbons (Fsp3) is 0.600. The first-order valence-corrected chi connectivity index (χ1v) is 8.87. The maximum Gasteiger partial charge on any atom is 0.279 e.